The minimum atomic E-state index is -3.75. The number of nitrogens with one attached hydrogen (secondary N) is 2. The second-order valence-electron chi connectivity index (χ2n) is 8.99. The molecule has 0 unspecified atom stereocenters. The van der Waals surface area contributed by atoms with Crippen molar-refractivity contribution in [2.24, 2.45) is 0 Å². The van der Waals surface area contributed by atoms with E-state index in [0.717, 1.165) is 48.2 Å². The Kier molecular flexibility index (Phi) is 6.52. The van der Waals surface area contributed by atoms with Gasteiger partial charge in [0.2, 0.25) is 10.0 Å². The van der Waals surface area contributed by atoms with Crippen molar-refractivity contribution < 1.29 is 18.3 Å². The molecule has 0 aliphatic carbocycles. The fraction of sp³-hybridized carbons (Fsp3) is 0.360. The largest absolute Gasteiger partial charge is 0.508 e. The molecule has 0 amide bonds. The van der Waals surface area contributed by atoms with Gasteiger partial charge in [-0.2, -0.15) is 0 Å². The third-order valence-corrected chi connectivity index (χ3v) is 7.62. The van der Waals surface area contributed by atoms with Crippen molar-refractivity contribution >= 4 is 26.5 Å². The molecule has 0 bridgehead atoms. The number of ether oxygens (including phenoxy) is 1. The van der Waals surface area contributed by atoms with Crippen molar-refractivity contribution in [3.05, 3.63) is 60.2 Å². The van der Waals surface area contributed by atoms with Gasteiger partial charge in [0, 0.05) is 38.1 Å². The molecular weight excluding hydrogens is 438 g/mol. The molecule has 0 spiro atoms. The van der Waals surface area contributed by atoms with Crippen molar-refractivity contribution in [3.63, 3.8) is 0 Å². The van der Waals surface area contributed by atoms with Crippen LogP contribution in [0, 0.1) is 0 Å². The van der Waals surface area contributed by atoms with Crippen molar-refractivity contribution in [2.45, 2.75) is 24.2 Å². The number of phenols is 1. The molecule has 1 saturated heterocycles. The molecule has 176 valence electrons. The van der Waals surface area contributed by atoms with Crippen LogP contribution in [0.25, 0.3) is 10.8 Å². The van der Waals surface area contributed by atoms with E-state index in [1.54, 1.807) is 37.4 Å². The first kappa shape index (κ1) is 23.4. The van der Waals surface area contributed by atoms with E-state index in [1.165, 1.54) is 0 Å². The summed E-state index contributed by atoms with van der Waals surface area (Å²) in [5.41, 5.74) is 1.24. The van der Waals surface area contributed by atoms with Gasteiger partial charge in [0.05, 0.1) is 17.7 Å². The second kappa shape index (κ2) is 9.21. The number of fused-ring (bicyclic) bond motifs is 1. The van der Waals surface area contributed by atoms with E-state index in [2.05, 4.69) is 14.9 Å². The predicted octanol–water partition coefficient (Wildman–Crippen LogP) is 3.22. The zero-order valence-corrected chi connectivity index (χ0v) is 20.1. The van der Waals surface area contributed by atoms with Gasteiger partial charge in [0.25, 0.3) is 0 Å². The number of phenolic OH excluding ortho intramolecular Hbond substituents is 1. The van der Waals surface area contributed by atoms with Crippen molar-refractivity contribution in [3.8, 4) is 11.5 Å². The van der Waals surface area contributed by atoms with E-state index >= 15 is 0 Å². The van der Waals surface area contributed by atoms with Gasteiger partial charge in [-0.15, -0.1) is 0 Å². The molecule has 8 heteroatoms. The fourth-order valence-electron chi connectivity index (χ4n) is 4.29. The highest BCUT2D eigenvalue weighted by Crippen LogP contribution is 2.34. The summed E-state index contributed by atoms with van der Waals surface area (Å²) in [6, 6.07) is 16.1. The van der Waals surface area contributed by atoms with E-state index in [0.29, 0.717) is 5.75 Å². The minimum Gasteiger partial charge on any atom is -0.508 e. The van der Waals surface area contributed by atoms with Crippen LogP contribution in [0.4, 0.5) is 5.69 Å². The molecule has 0 radical (unpaired) electrons. The Balaban J connectivity index is 1.60. The summed E-state index contributed by atoms with van der Waals surface area (Å²) in [6.07, 6.45) is 0. The lowest BCUT2D eigenvalue weighted by molar-refractivity contribution is 0.412. The fourth-order valence-corrected chi connectivity index (χ4v) is 5.53. The number of methoxy groups -OCH3 is 1. The van der Waals surface area contributed by atoms with Gasteiger partial charge in [-0.05, 0) is 46.7 Å². The molecule has 3 aromatic rings. The number of rotatable bonds is 7. The molecule has 33 heavy (non-hydrogen) atoms. The van der Waals surface area contributed by atoms with Crippen LogP contribution in [0.15, 0.2) is 59.5 Å². The SMILES string of the molecule is COc1ccc(S(=O)(=O)NCC(C)(C)c2cccc3ccc(O)cc23)cc1N1CCNCC1. The number of nitrogens with zero attached hydrogens (tertiary/aromatic N) is 1. The van der Waals surface area contributed by atoms with Crippen LogP contribution < -0.4 is 19.7 Å². The molecular formula is C25H31N3O4S. The maximum absolute atomic E-state index is 13.2. The van der Waals surface area contributed by atoms with E-state index in [1.807, 2.05) is 38.1 Å². The monoisotopic (exact) mass is 469 g/mol. The highest BCUT2D eigenvalue weighted by atomic mass is 32.2. The third kappa shape index (κ3) is 4.93. The van der Waals surface area contributed by atoms with Crippen molar-refractivity contribution in [1.82, 2.24) is 10.0 Å². The van der Waals surface area contributed by atoms with Gasteiger partial charge in [-0.3, -0.25) is 0 Å². The molecule has 1 aliphatic heterocycles. The van der Waals surface area contributed by atoms with Crippen molar-refractivity contribution in [2.75, 3.05) is 44.7 Å². The molecule has 3 N–H and O–H groups in total. The Bertz CT molecular complexity index is 1250. The van der Waals surface area contributed by atoms with Gasteiger partial charge in [-0.1, -0.05) is 38.1 Å². The number of sulfonamides is 1. The second-order valence-corrected chi connectivity index (χ2v) is 10.8. The smallest absolute Gasteiger partial charge is 0.240 e. The predicted molar refractivity (Wildman–Crippen MR) is 132 cm³/mol. The lowest BCUT2D eigenvalue weighted by Gasteiger charge is -2.31. The van der Waals surface area contributed by atoms with E-state index < -0.39 is 15.4 Å². The zero-order valence-electron chi connectivity index (χ0n) is 19.3. The number of benzene rings is 3. The lowest BCUT2D eigenvalue weighted by atomic mass is 9.82. The molecule has 7 nitrogen and oxygen atoms in total. The number of hydrogen-bond donors (Lipinski definition) is 3. The lowest BCUT2D eigenvalue weighted by Crippen LogP contribution is -2.43. The normalized spacial score (nSPS) is 15.1. The Morgan fingerprint density at radius 2 is 1.85 bits per heavy atom. The maximum atomic E-state index is 13.2. The molecule has 0 atom stereocenters. The number of hydrogen-bond acceptors (Lipinski definition) is 6. The van der Waals surface area contributed by atoms with E-state index in [-0.39, 0.29) is 17.2 Å². The Hall–Kier alpha value is -2.81. The first-order valence-electron chi connectivity index (χ1n) is 11.1. The summed E-state index contributed by atoms with van der Waals surface area (Å²) in [5, 5.41) is 15.2. The zero-order chi connectivity index (χ0) is 23.6. The highest BCUT2D eigenvalue weighted by Gasteiger charge is 2.27. The Morgan fingerprint density at radius 1 is 1.09 bits per heavy atom. The third-order valence-electron chi connectivity index (χ3n) is 6.22. The number of aromatic hydroxyl groups is 1. The van der Waals surface area contributed by atoms with E-state index in [9.17, 15) is 13.5 Å². The van der Waals surface area contributed by atoms with Gasteiger partial charge < -0.3 is 20.1 Å². The van der Waals surface area contributed by atoms with Crippen LogP contribution in [0.5, 0.6) is 11.5 Å². The van der Waals surface area contributed by atoms with Crippen LogP contribution >= 0.6 is 0 Å². The van der Waals surface area contributed by atoms with E-state index in [4.69, 9.17) is 4.74 Å². The van der Waals surface area contributed by atoms with Crippen LogP contribution in [-0.4, -0.2) is 53.4 Å². The summed E-state index contributed by atoms with van der Waals surface area (Å²) in [4.78, 5) is 2.35. The molecule has 1 aliphatic rings. The molecule has 1 heterocycles. The number of piperazine rings is 1. The average molecular weight is 470 g/mol. The average Bonchev–Trinajstić information content (AvgIpc) is 2.82. The van der Waals surface area contributed by atoms with Crippen LogP contribution in [0.1, 0.15) is 19.4 Å². The molecule has 1 fully saturated rings. The summed E-state index contributed by atoms with van der Waals surface area (Å²) < 4.78 is 34.8. The summed E-state index contributed by atoms with van der Waals surface area (Å²) >= 11 is 0. The summed E-state index contributed by atoms with van der Waals surface area (Å²) in [7, 11) is -2.15. The topological polar surface area (TPSA) is 90.9 Å². The first-order valence-corrected chi connectivity index (χ1v) is 12.6. The van der Waals surface area contributed by atoms with Gasteiger partial charge >= 0.3 is 0 Å². The molecule has 0 aromatic heterocycles. The van der Waals surface area contributed by atoms with Gasteiger partial charge in [0.1, 0.15) is 11.5 Å². The maximum Gasteiger partial charge on any atom is 0.240 e. The highest BCUT2D eigenvalue weighted by molar-refractivity contribution is 7.89. The molecule has 3 aromatic carbocycles. The summed E-state index contributed by atoms with van der Waals surface area (Å²) in [5.74, 6) is 0.844. The minimum absolute atomic E-state index is 0.185. The van der Waals surface area contributed by atoms with Crippen LogP contribution in [0.2, 0.25) is 0 Å². The van der Waals surface area contributed by atoms with Gasteiger partial charge in [0.15, 0.2) is 0 Å². The Labute approximate surface area is 195 Å². The quantitative estimate of drug-likeness (QED) is 0.492. The van der Waals surface area contributed by atoms with Gasteiger partial charge in [-0.25, -0.2) is 13.1 Å². The van der Waals surface area contributed by atoms with Crippen LogP contribution in [-0.2, 0) is 15.4 Å². The Morgan fingerprint density at radius 3 is 2.58 bits per heavy atom. The summed E-state index contributed by atoms with van der Waals surface area (Å²) in [6.45, 7) is 7.45. The number of anilines is 1. The molecule has 4 rings (SSSR count). The van der Waals surface area contributed by atoms with Crippen LogP contribution in [0.3, 0.4) is 0 Å². The standard InChI is InChI=1S/C25H31N3O4S/c1-25(2,22-6-4-5-18-7-8-19(29)15-21(18)22)17-27-33(30,31)20-9-10-24(32-3)23(16-20)28-13-11-26-12-14-28/h4-10,15-16,26-27,29H,11-14,17H2,1-3H3. The molecule has 0 saturated carbocycles. The van der Waals surface area contributed by atoms with Crippen molar-refractivity contribution in [1.29, 1.82) is 0 Å². The first-order chi connectivity index (χ1) is 15.7.